The summed E-state index contributed by atoms with van der Waals surface area (Å²) in [6.45, 7) is 6.40. The number of hydrogen-bond donors (Lipinski definition) is 2. The first-order chi connectivity index (χ1) is 10.3. The maximum absolute atomic E-state index is 11.8. The number of benzene rings is 1. The van der Waals surface area contributed by atoms with E-state index in [0.717, 1.165) is 16.6 Å². The third-order valence-electron chi connectivity index (χ3n) is 3.86. The summed E-state index contributed by atoms with van der Waals surface area (Å²) in [5.74, 6) is 1.82. The summed E-state index contributed by atoms with van der Waals surface area (Å²) in [7, 11) is 2.08. The monoisotopic (exact) mass is 300 g/mol. The smallest absolute Gasteiger partial charge is 0.315 e. The highest BCUT2D eigenvalue weighted by Gasteiger charge is 2.28. The van der Waals surface area contributed by atoms with E-state index < -0.39 is 0 Å². The first-order valence-electron chi connectivity index (χ1n) is 7.85. The molecule has 1 heterocycles. The number of carbonyl (C=O) groups is 1. The second-order valence-electron chi connectivity index (χ2n) is 7.18. The van der Waals surface area contributed by atoms with Crippen LogP contribution in [0.25, 0.3) is 11.0 Å². The van der Waals surface area contributed by atoms with Crippen LogP contribution in [0.3, 0.4) is 0 Å². The highest BCUT2D eigenvalue weighted by atomic mass is 16.2. The second kappa shape index (κ2) is 5.30. The molecule has 118 valence electrons. The Morgan fingerprint density at radius 3 is 2.73 bits per heavy atom. The van der Waals surface area contributed by atoms with Gasteiger partial charge in [0.25, 0.3) is 0 Å². The standard InChI is InChI=1S/C17H24N4O/c1-17(2,3)20-16(22)18-10-11-5-8-14-13(9-11)19-15(21(14)4)12-6-7-12/h5,8-9,12H,6-7,10H2,1-4H3,(H2,18,20,22). The Labute approximate surface area is 131 Å². The molecule has 22 heavy (non-hydrogen) atoms. The molecule has 0 saturated heterocycles. The molecule has 1 aromatic carbocycles. The zero-order chi connectivity index (χ0) is 15.9. The molecule has 0 spiro atoms. The Bertz CT molecular complexity index is 707. The highest BCUT2D eigenvalue weighted by Crippen LogP contribution is 2.40. The molecule has 0 aliphatic heterocycles. The fourth-order valence-corrected chi connectivity index (χ4v) is 2.65. The van der Waals surface area contributed by atoms with Gasteiger partial charge in [-0.3, -0.25) is 0 Å². The number of fused-ring (bicyclic) bond motifs is 1. The van der Waals surface area contributed by atoms with Gasteiger partial charge in [0.1, 0.15) is 5.82 Å². The van der Waals surface area contributed by atoms with E-state index in [2.05, 4.69) is 40.4 Å². The Kier molecular flexibility index (Phi) is 3.59. The predicted molar refractivity (Wildman–Crippen MR) is 87.8 cm³/mol. The lowest BCUT2D eigenvalue weighted by atomic mass is 10.1. The molecule has 5 heteroatoms. The van der Waals surface area contributed by atoms with Crippen LogP contribution < -0.4 is 10.6 Å². The number of aryl methyl sites for hydroxylation is 1. The second-order valence-corrected chi connectivity index (χ2v) is 7.18. The minimum atomic E-state index is -0.228. The summed E-state index contributed by atoms with van der Waals surface area (Å²) in [5.41, 5.74) is 3.01. The average molecular weight is 300 g/mol. The molecule has 2 N–H and O–H groups in total. The zero-order valence-electron chi connectivity index (χ0n) is 13.7. The van der Waals surface area contributed by atoms with Crippen LogP contribution in [-0.2, 0) is 13.6 Å². The molecule has 1 fully saturated rings. The van der Waals surface area contributed by atoms with Crippen molar-refractivity contribution < 1.29 is 4.79 Å². The lowest BCUT2D eigenvalue weighted by Gasteiger charge is -2.20. The van der Waals surface area contributed by atoms with Crippen LogP contribution in [0.15, 0.2) is 18.2 Å². The molecule has 0 atom stereocenters. The van der Waals surface area contributed by atoms with Gasteiger partial charge in [0.05, 0.1) is 11.0 Å². The minimum absolute atomic E-state index is 0.146. The molecule has 0 unspecified atom stereocenters. The third-order valence-corrected chi connectivity index (χ3v) is 3.86. The lowest BCUT2D eigenvalue weighted by molar-refractivity contribution is 0.231. The fraction of sp³-hybridized carbons (Fsp3) is 0.529. The maximum atomic E-state index is 11.8. The van der Waals surface area contributed by atoms with E-state index in [1.807, 2.05) is 20.8 Å². The molecule has 3 rings (SSSR count). The summed E-state index contributed by atoms with van der Waals surface area (Å²) in [6, 6.07) is 6.07. The van der Waals surface area contributed by atoms with E-state index in [4.69, 9.17) is 4.98 Å². The third kappa shape index (κ3) is 3.24. The van der Waals surface area contributed by atoms with Crippen molar-refractivity contribution in [2.24, 2.45) is 7.05 Å². The number of imidazole rings is 1. The molecule has 2 amide bonds. The van der Waals surface area contributed by atoms with Gasteiger partial charge in [0.15, 0.2) is 0 Å². The normalized spacial score (nSPS) is 15.1. The Morgan fingerprint density at radius 1 is 1.36 bits per heavy atom. The van der Waals surface area contributed by atoms with Crippen LogP contribution in [0.2, 0.25) is 0 Å². The molecule has 1 aliphatic rings. The van der Waals surface area contributed by atoms with Crippen molar-refractivity contribution in [3.05, 3.63) is 29.6 Å². The van der Waals surface area contributed by atoms with Crippen molar-refractivity contribution in [1.82, 2.24) is 20.2 Å². The Hall–Kier alpha value is -2.04. The van der Waals surface area contributed by atoms with Gasteiger partial charge >= 0.3 is 6.03 Å². The van der Waals surface area contributed by atoms with E-state index in [1.165, 1.54) is 18.7 Å². The fourth-order valence-electron chi connectivity index (χ4n) is 2.65. The zero-order valence-corrected chi connectivity index (χ0v) is 13.7. The Balaban J connectivity index is 1.71. The number of amides is 2. The molecule has 2 aromatic rings. The first kappa shape index (κ1) is 14.9. The molecular formula is C17H24N4O. The largest absolute Gasteiger partial charge is 0.334 e. The molecule has 1 saturated carbocycles. The van der Waals surface area contributed by atoms with E-state index in [-0.39, 0.29) is 11.6 Å². The number of rotatable bonds is 3. The number of aromatic nitrogens is 2. The number of urea groups is 1. The van der Waals surface area contributed by atoms with Crippen LogP contribution in [0.1, 0.15) is 50.9 Å². The van der Waals surface area contributed by atoms with E-state index in [9.17, 15) is 4.79 Å². The van der Waals surface area contributed by atoms with Gasteiger partial charge in [-0.2, -0.15) is 0 Å². The van der Waals surface area contributed by atoms with E-state index in [0.29, 0.717) is 12.5 Å². The summed E-state index contributed by atoms with van der Waals surface area (Å²) in [6.07, 6.45) is 2.50. The van der Waals surface area contributed by atoms with E-state index in [1.54, 1.807) is 0 Å². The van der Waals surface area contributed by atoms with Crippen molar-refractivity contribution >= 4 is 17.1 Å². The van der Waals surface area contributed by atoms with Crippen molar-refractivity contribution in [1.29, 1.82) is 0 Å². The maximum Gasteiger partial charge on any atom is 0.315 e. The van der Waals surface area contributed by atoms with Crippen molar-refractivity contribution in [3.63, 3.8) is 0 Å². The molecule has 1 aromatic heterocycles. The SMILES string of the molecule is Cn1c(C2CC2)nc2cc(CNC(=O)NC(C)(C)C)ccc21. The quantitative estimate of drug-likeness (QED) is 0.915. The Morgan fingerprint density at radius 2 is 2.09 bits per heavy atom. The van der Waals surface area contributed by atoms with E-state index >= 15 is 0 Å². The first-order valence-corrected chi connectivity index (χ1v) is 7.85. The molecule has 0 bridgehead atoms. The predicted octanol–water partition coefficient (Wildman–Crippen LogP) is 3.05. The topological polar surface area (TPSA) is 59.0 Å². The van der Waals surface area contributed by atoms with Crippen LogP contribution in [-0.4, -0.2) is 21.1 Å². The molecule has 0 radical (unpaired) electrons. The number of nitrogens with zero attached hydrogens (tertiary/aromatic N) is 2. The number of nitrogens with one attached hydrogen (secondary N) is 2. The molecular weight excluding hydrogens is 276 g/mol. The van der Waals surface area contributed by atoms with Crippen LogP contribution in [0.4, 0.5) is 4.79 Å². The summed E-state index contributed by atoms with van der Waals surface area (Å²) in [4.78, 5) is 16.6. The van der Waals surface area contributed by atoms with Gasteiger partial charge in [-0.15, -0.1) is 0 Å². The van der Waals surface area contributed by atoms with Gasteiger partial charge in [0, 0.05) is 25.0 Å². The minimum Gasteiger partial charge on any atom is -0.334 e. The van der Waals surface area contributed by atoms with Gasteiger partial charge in [0.2, 0.25) is 0 Å². The van der Waals surface area contributed by atoms with Crippen LogP contribution in [0, 0.1) is 0 Å². The highest BCUT2D eigenvalue weighted by molar-refractivity contribution is 5.78. The summed E-state index contributed by atoms with van der Waals surface area (Å²) in [5, 5.41) is 5.79. The van der Waals surface area contributed by atoms with Gasteiger partial charge < -0.3 is 15.2 Å². The van der Waals surface area contributed by atoms with Gasteiger partial charge in [-0.05, 0) is 51.3 Å². The van der Waals surface area contributed by atoms with Crippen LogP contribution in [0.5, 0.6) is 0 Å². The van der Waals surface area contributed by atoms with Crippen LogP contribution >= 0.6 is 0 Å². The number of carbonyl (C=O) groups excluding carboxylic acids is 1. The van der Waals surface area contributed by atoms with Gasteiger partial charge in [-0.25, -0.2) is 9.78 Å². The van der Waals surface area contributed by atoms with Crippen molar-refractivity contribution in [3.8, 4) is 0 Å². The summed E-state index contributed by atoms with van der Waals surface area (Å²) >= 11 is 0. The number of hydrogen-bond acceptors (Lipinski definition) is 2. The van der Waals surface area contributed by atoms with Gasteiger partial charge in [-0.1, -0.05) is 6.07 Å². The molecule has 5 nitrogen and oxygen atoms in total. The lowest BCUT2D eigenvalue weighted by Crippen LogP contribution is -2.46. The van der Waals surface area contributed by atoms with Crippen molar-refractivity contribution in [2.75, 3.05) is 0 Å². The van der Waals surface area contributed by atoms with Crippen molar-refractivity contribution in [2.45, 2.75) is 51.6 Å². The summed E-state index contributed by atoms with van der Waals surface area (Å²) < 4.78 is 2.19. The average Bonchev–Trinajstić information content (AvgIpc) is 3.20. The molecule has 1 aliphatic carbocycles.